The van der Waals surface area contributed by atoms with Crippen molar-refractivity contribution < 1.29 is 4.57 Å². The van der Waals surface area contributed by atoms with Crippen molar-refractivity contribution in [1.82, 2.24) is 0 Å². The second-order valence-electron chi connectivity index (χ2n) is 14.1. The second-order valence-corrected chi connectivity index (χ2v) is 16.9. The van der Waals surface area contributed by atoms with Gasteiger partial charge in [0.15, 0.2) is 12.8 Å². The van der Waals surface area contributed by atoms with E-state index in [0.29, 0.717) is 11.3 Å². The molecule has 7 aromatic carbocycles. The predicted octanol–water partition coefficient (Wildman–Crippen LogP) is 10.4. The molecule has 0 bridgehead atoms. The number of benzene rings is 7. The van der Waals surface area contributed by atoms with Crippen molar-refractivity contribution in [3.63, 3.8) is 0 Å². The molecule has 0 radical (unpaired) electrons. The molecule has 0 saturated heterocycles. The standard InChI is InChI=1S/C48H33N2OP/c1-47(33-13-7-4-8-14-33)43-23-19-32(31-49)27-39(43)41-29-37(21-25-45(41)47)52(51,36-17-11-6-12-18-36)38-22-26-46-42(30-38)40-28-35(50-3)20-24-44(40)48(46,2)34-15-9-5-10-16-34/h4-30H,1-2H3. The van der Waals surface area contributed by atoms with E-state index in [4.69, 9.17) is 6.57 Å². The lowest BCUT2D eigenvalue weighted by Crippen LogP contribution is -2.27. The maximum atomic E-state index is 16.2. The highest BCUT2D eigenvalue weighted by Crippen LogP contribution is 2.56. The van der Waals surface area contributed by atoms with Gasteiger partial charge >= 0.3 is 0 Å². The minimum atomic E-state index is -3.46. The summed E-state index contributed by atoms with van der Waals surface area (Å²) >= 11 is 0. The average molecular weight is 685 g/mol. The molecule has 9 rings (SSSR count). The fourth-order valence-electron chi connectivity index (χ4n) is 8.85. The van der Waals surface area contributed by atoms with Crippen LogP contribution in [0.2, 0.25) is 0 Å². The Morgan fingerprint density at radius 2 is 0.942 bits per heavy atom. The van der Waals surface area contributed by atoms with Gasteiger partial charge in [0.05, 0.1) is 18.2 Å². The molecule has 3 atom stereocenters. The Balaban J connectivity index is 1.29. The zero-order valence-electron chi connectivity index (χ0n) is 28.8. The van der Waals surface area contributed by atoms with Crippen LogP contribution < -0.4 is 15.9 Å². The molecule has 52 heavy (non-hydrogen) atoms. The summed E-state index contributed by atoms with van der Waals surface area (Å²) in [5, 5.41) is 12.2. The smallest absolute Gasteiger partial charge is 0.187 e. The molecule has 0 aliphatic heterocycles. The van der Waals surface area contributed by atoms with Crippen molar-refractivity contribution in [3.05, 3.63) is 214 Å². The fourth-order valence-corrected chi connectivity index (χ4v) is 11.5. The van der Waals surface area contributed by atoms with Crippen LogP contribution in [0.4, 0.5) is 5.69 Å². The Morgan fingerprint density at radius 3 is 1.42 bits per heavy atom. The number of nitriles is 1. The Hall–Kier alpha value is -6.25. The summed E-state index contributed by atoms with van der Waals surface area (Å²) in [6.45, 7) is 12.3. The molecule has 7 aromatic rings. The van der Waals surface area contributed by atoms with Gasteiger partial charge in [0.1, 0.15) is 0 Å². The van der Waals surface area contributed by atoms with E-state index in [-0.39, 0.29) is 0 Å². The summed E-state index contributed by atoms with van der Waals surface area (Å²) in [4.78, 5) is 3.78. The molecule has 0 saturated carbocycles. The van der Waals surface area contributed by atoms with Crippen molar-refractivity contribution in [3.8, 4) is 28.3 Å². The topological polar surface area (TPSA) is 45.2 Å². The molecule has 0 heterocycles. The van der Waals surface area contributed by atoms with Crippen LogP contribution in [0.15, 0.2) is 164 Å². The van der Waals surface area contributed by atoms with E-state index in [1.165, 1.54) is 5.56 Å². The first-order valence-corrected chi connectivity index (χ1v) is 19.2. The summed E-state index contributed by atoms with van der Waals surface area (Å²) in [5.74, 6) is 0. The molecule has 2 aliphatic rings. The van der Waals surface area contributed by atoms with Gasteiger partial charge < -0.3 is 4.57 Å². The van der Waals surface area contributed by atoms with Crippen LogP contribution in [0.5, 0.6) is 0 Å². The Bertz CT molecular complexity index is 2540. The number of rotatable bonds is 5. The molecule has 0 amide bonds. The summed E-state index contributed by atoms with van der Waals surface area (Å²) in [7, 11) is -3.46. The van der Waals surface area contributed by atoms with Crippen LogP contribution in [0.3, 0.4) is 0 Å². The van der Waals surface area contributed by atoms with Crippen LogP contribution in [0.1, 0.15) is 52.8 Å². The van der Waals surface area contributed by atoms with Crippen LogP contribution in [-0.4, -0.2) is 0 Å². The maximum Gasteiger partial charge on any atom is 0.187 e. The molecule has 0 fully saturated rings. The van der Waals surface area contributed by atoms with Crippen molar-refractivity contribution in [2.45, 2.75) is 24.7 Å². The van der Waals surface area contributed by atoms with Gasteiger partial charge in [-0.3, -0.25) is 0 Å². The zero-order valence-corrected chi connectivity index (χ0v) is 29.7. The molecular weight excluding hydrogens is 652 g/mol. The summed E-state index contributed by atoms with van der Waals surface area (Å²) in [6, 6.07) is 57.7. The van der Waals surface area contributed by atoms with E-state index in [0.717, 1.165) is 66.0 Å². The lowest BCUT2D eigenvalue weighted by molar-refractivity contribution is 0.592. The molecule has 3 nitrogen and oxygen atoms in total. The number of nitrogens with zero attached hydrogens (tertiary/aromatic N) is 2. The number of fused-ring (bicyclic) bond motifs is 6. The fraction of sp³-hybridized carbons (Fsp3) is 0.0833. The highest BCUT2D eigenvalue weighted by atomic mass is 31.2. The molecule has 4 heteroatoms. The lowest BCUT2D eigenvalue weighted by Gasteiger charge is -2.29. The molecule has 0 spiro atoms. The monoisotopic (exact) mass is 684 g/mol. The quantitative estimate of drug-likeness (QED) is 0.134. The average Bonchev–Trinajstić information content (AvgIpc) is 3.63. The number of hydrogen-bond donors (Lipinski definition) is 0. The van der Waals surface area contributed by atoms with Crippen molar-refractivity contribution in [2.24, 2.45) is 0 Å². The normalized spacial score (nSPS) is 18.9. The third-order valence-corrected chi connectivity index (χ3v) is 14.6. The van der Waals surface area contributed by atoms with Gasteiger partial charge in [-0.2, -0.15) is 5.26 Å². The Kier molecular flexibility index (Phi) is 7.10. The first-order valence-electron chi connectivity index (χ1n) is 17.5. The van der Waals surface area contributed by atoms with Gasteiger partial charge in [-0.1, -0.05) is 133 Å². The Labute approximate surface area is 304 Å². The van der Waals surface area contributed by atoms with E-state index in [9.17, 15) is 5.26 Å². The molecule has 246 valence electrons. The van der Waals surface area contributed by atoms with Crippen molar-refractivity contribution in [2.75, 3.05) is 0 Å². The highest BCUT2D eigenvalue weighted by Gasteiger charge is 2.44. The third kappa shape index (κ3) is 4.34. The summed E-state index contributed by atoms with van der Waals surface area (Å²) in [6.07, 6.45) is 0. The van der Waals surface area contributed by atoms with Gasteiger partial charge in [0.2, 0.25) is 0 Å². The van der Waals surface area contributed by atoms with E-state index in [1.807, 2.05) is 66.7 Å². The van der Waals surface area contributed by atoms with E-state index >= 15 is 4.57 Å². The van der Waals surface area contributed by atoms with Crippen LogP contribution >= 0.6 is 7.14 Å². The first kappa shape index (κ1) is 31.7. The Morgan fingerprint density at radius 1 is 0.519 bits per heavy atom. The van der Waals surface area contributed by atoms with Crippen LogP contribution in [0, 0.1) is 17.9 Å². The van der Waals surface area contributed by atoms with Gasteiger partial charge in [-0.25, -0.2) is 4.85 Å². The van der Waals surface area contributed by atoms with Crippen molar-refractivity contribution in [1.29, 1.82) is 5.26 Å². The van der Waals surface area contributed by atoms with Gasteiger partial charge in [0.25, 0.3) is 0 Å². The summed E-state index contributed by atoms with van der Waals surface area (Å²) < 4.78 is 16.2. The maximum absolute atomic E-state index is 16.2. The van der Waals surface area contributed by atoms with Crippen LogP contribution in [-0.2, 0) is 15.4 Å². The van der Waals surface area contributed by atoms with Gasteiger partial charge in [0, 0.05) is 26.7 Å². The SMILES string of the molecule is [C-]#[N+]c1ccc2c(c1)-c1cc(P(=O)(c3ccccc3)c3ccc4c(c3)-c3cc(C#N)ccc3C4(C)c3ccccc3)ccc1C2(C)c1ccccc1. The largest absolute Gasteiger partial charge is 0.309 e. The first-order chi connectivity index (χ1) is 25.3. The van der Waals surface area contributed by atoms with Gasteiger partial charge in [-0.15, -0.1) is 0 Å². The highest BCUT2D eigenvalue weighted by molar-refractivity contribution is 7.85. The molecule has 0 aromatic heterocycles. The second kappa shape index (κ2) is 11.6. The lowest BCUT2D eigenvalue weighted by atomic mass is 9.74. The predicted molar refractivity (Wildman–Crippen MR) is 212 cm³/mol. The van der Waals surface area contributed by atoms with Crippen molar-refractivity contribution >= 4 is 28.7 Å². The minimum absolute atomic E-state index is 0.445. The molecule has 2 aliphatic carbocycles. The third-order valence-electron chi connectivity index (χ3n) is 11.6. The summed E-state index contributed by atoms with van der Waals surface area (Å²) in [5.41, 5.74) is 11.1. The van der Waals surface area contributed by atoms with Gasteiger partial charge in [-0.05, 0) is 99.8 Å². The number of hydrogen-bond acceptors (Lipinski definition) is 2. The van der Waals surface area contributed by atoms with E-state index in [2.05, 4.69) is 122 Å². The molecular formula is C48H33N2OP. The molecule has 0 N–H and O–H groups in total. The van der Waals surface area contributed by atoms with E-state index < -0.39 is 18.0 Å². The minimum Gasteiger partial charge on any atom is -0.309 e. The zero-order chi connectivity index (χ0) is 35.7. The van der Waals surface area contributed by atoms with E-state index in [1.54, 1.807) is 0 Å². The molecule has 3 unspecified atom stereocenters. The van der Waals surface area contributed by atoms with Crippen LogP contribution in [0.25, 0.3) is 27.1 Å².